The van der Waals surface area contributed by atoms with E-state index in [1.54, 1.807) is 4.74 Å². The zero-order chi connectivity index (χ0) is 17.7. The van der Waals surface area contributed by atoms with Crippen LogP contribution in [0, 0.1) is 0 Å². The van der Waals surface area contributed by atoms with E-state index in [9.17, 15) is 52.7 Å². The molecule has 0 atom stereocenters. The van der Waals surface area contributed by atoms with Crippen LogP contribution in [0.15, 0.2) is 0 Å². The molecule has 0 bridgehead atoms. The first-order chi connectivity index (χ1) is 8.71. The molecular formula is C8H6F12O. The third-order valence-electron chi connectivity index (χ3n) is 2.17. The summed E-state index contributed by atoms with van der Waals surface area (Å²) in [6.45, 7) is -1.88. The molecule has 0 aromatic rings. The van der Waals surface area contributed by atoms with E-state index in [-0.39, 0.29) is 0 Å². The lowest BCUT2D eigenvalue weighted by Gasteiger charge is -2.42. The fraction of sp³-hybridized carbons (Fsp3) is 1.00. The molecule has 0 N–H and O–H groups in total. The first-order valence-corrected chi connectivity index (χ1v) is 4.68. The molecule has 0 aliphatic rings. The molecule has 0 aliphatic heterocycles. The van der Waals surface area contributed by atoms with E-state index in [1.807, 2.05) is 0 Å². The van der Waals surface area contributed by atoms with Gasteiger partial charge in [-0.15, -0.1) is 13.2 Å². The van der Waals surface area contributed by atoms with Crippen LogP contribution in [-0.4, -0.2) is 35.9 Å². The summed E-state index contributed by atoms with van der Waals surface area (Å²) in [5.41, 5.74) is 0. The van der Waals surface area contributed by atoms with Crippen molar-refractivity contribution in [3.05, 3.63) is 0 Å². The molecule has 0 aromatic heterocycles. The molecule has 0 saturated carbocycles. The van der Waals surface area contributed by atoms with E-state index in [0.717, 1.165) is 0 Å². The van der Waals surface area contributed by atoms with Crippen LogP contribution in [0.25, 0.3) is 0 Å². The summed E-state index contributed by atoms with van der Waals surface area (Å²) in [6, 6.07) is 0. The molecule has 0 aliphatic carbocycles. The van der Waals surface area contributed by atoms with E-state index in [2.05, 4.69) is 0 Å². The molecule has 13 heteroatoms. The van der Waals surface area contributed by atoms with Crippen LogP contribution < -0.4 is 0 Å². The Labute approximate surface area is 108 Å². The van der Waals surface area contributed by atoms with Crippen molar-refractivity contribution in [3.8, 4) is 0 Å². The van der Waals surface area contributed by atoms with Crippen molar-refractivity contribution < 1.29 is 57.4 Å². The quantitative estimate of drug-likeness (QED) is 0.652. The molecular weight excluding hydrogens is 340 g/mol. The highest BCUT2D eigenvalue weighted by Gasteiger charge is 2.85. The van der Waals surface area contributed by atoms with E-state index >= 15 is 0 Å². The summed E-state index contributed by atoms with van der Waals surface area (Å²) in [4.78, 5) is 0. The minimum Gasteiger partial charge on any atom is -0.242 e. The van der Waals surface area contributed by atoms with Crippen molar-refractivity contribution in [1.82, 2.24) is 0 Å². The van der Waals surface area contributed by atoms with Gasteiger partial charge in [0.25, 0.3) is 0 Å². The standard InChI is InChI=1S/C8H6F12O/c1-3(9,10)5(13,14)7(17,21-8(18,19)20)6(15,16)4(2,11)12/h1-2H3. The molecule has 0 spiro atoms. The lowest BCUT2D eigenvalue weighted by atomic mass is 9.94. The Morgan fingerprint density at radius 1 is 0.524 bits per heavy atom. The maximum atomic E-state index is 13.4. The highest BCUT2D eigenvalue weighted by molar-refractivity contribution is 5.07. The smallest absolute Gasteiger partial charge is 0.242 e. The van der Waals surface area contributed by atoms with Gasteiger partial charge in [0, 0.05) is 13.8 Å². The zero-order valence-corrected chi connectivity index (χ0v) is 9.94. The Morgan fingerprint density at radius 2 is 0.762 bits per heavy atom. The minimum absolute atomic E-state index is 0.940. The number of rotatable bonds is 5. The van der Waals surface area contributed by atoms with Gasteiger partial charge in [0.05, 0.1) is 0 Å². The Bertz CT molecular complexity index is 346. The van der Waals surface area contributed by atoms with Crippen LogP contribution in [0.4, 0.5) is 52.7 Å². The number of hydrogen-bond acceptors (Lipinski definition) is 1. The highest BCUT2D eigenvalue weighted by atomic mass is 19.4. The molecule has 0 heterocycles. The van der Waals surface area contributed by atoms with E-state index in [1.165, 1.54) is 0 Å². The van der Waals surface area contributed by atoms with Crippen LogP contribution in [0.2, 0.25) is 0 Å². The third-order valence-corrected chi connectivity index (χ3v) is 2.17. The number of halogens is 12. The fourth-order valence-corrected chi connectivity index (χ4v) is 1.05. The van der Waals surface area contributed by atoms with Gasteiger partial charge in [-0.1, -0.05) is 0 Å². The summed E-state index contributed by atoms with van der Waals surface area (Å²) >= 11 is 0. The summed E-state index contributed by atoms with van der Waals surface area (Å²) in [6.07, 6.45) is -6.67. The van der Waals surface area contributed by atoms with Gasteiger partial charge in [0.2, 0.25) is 0 Å². The second-order valence-electron chi connectivity index (χ2n) is 4.07. The fourth-order valence-electron chi connectivity index (χ4n) is 1.05. The van der Waals surface area contributed by atoms with Crippen molar-refractivity contribution in [1.29, 1.82) is 0 Å². The molecule has 0 saturated heterocycles. The Balaban J connectivity index is 6.32. The summed E-state index contributed by atoms with van der Waals surface area (Å²) in [5, 5.41) is 0. The van der Waals surface area contributed by atoms with Gasteiger partial charge in [-0.3, -0.25) is 0 Å². The second kappa shape index (κ2) is 4.81. The Hall–Kier alpha value is -0.880. The zero-order valence-electron chi connectivity index (χ0n) is 9.94. The highest BCUT2D eigenvalue weighted by Crippen LogP contribution is 2.57. The predicted molar refractivity (Wildman–Crippen MR) is 42.1 cm³/mol. The molecule has 0 aromatic carbocycles. The van der Waals surface area contributed by atoms with Gasteiger partial charge in [0.1, 0.15) is 0 Å². The van der Waals surface area contributed by atoms with E-state index in [0.29, 0.717) is 0 Å². The van der Waals surface area contributed by atoms with Crippen LogP contribution in [0.5, 0.6) is 0 Å². The molecule has 128 valence electrons. The van der Waals surface area contributed by atoms with Crippen LogP contribution in [0.3, 0.4) is 0 Å². The van der Waals surface area contributed by atoms with Crippen molar-refractivity contribution >= 4 is 0 Å². The molecule has 0 unspecified atom stereocenters. The van der Waals surface area contributed by atoms with Crippen LogP contribution in [-0.2, 0) is 4.74 Å². The van der Waals surface area contributed by atoms with Gasteiger partial charge >= 0.3 is 35.9 Å². The van der Waals surface area contributed by atoms with Crippen molar-refractivity contribution in [2.24, 2.45) is 0 Å². The summed E-state index contributed by atoms with van der Waals surface area (Å²) < 4.78 is 152. The lowest BCUT2D eigenvalue weighted by Crippen LogP contribution is -2.70. The Kier molecular flexibility index (Phi) is 4.61. The number of ether oxygens (including phenoxy) is 1. The maximum Gasteiger partial charge on any atom is 0.525 e. The van der Waals surface area contributed by atoms with E-state index in [4.69, 9.17) is 0 Å². The third kappa shape index (κ3) is 3.31. The van der Waals surface area contributed by atoms with Crippen molar-refractivity contribution in [3.63, 3.8) is 0 Å². The van der Waals surface area contributed by atoms with Gasteiger partial charge < -0.3 is 0 Å². The molecule has 0 fully saturated rings. The molecule has 0 rings (SSSR count). The minimum atomic E-state index is -7.05. The molecule has 0 radical (unpaired) electrons. The number of hydrogen-bond donors (Lipinski definition) is 0. The molecule has 1 nitrogen and oxygen atoms in total. The van der Waals surface area contributed by atoms with Gasteiger partial charge in [-0.25, -0.2) is 4.74 Å². The Morgan fingerprint density at radius 3 is 0.905 bits per heavy atom. The summed E-state index contributed by atoms with van der Waals surface area (Å²) in [7, 11) is 0. The largest absolute Gasteiger partial charge is 0.525 e. The maximum absolute atomic E-state index is 13.4. The topological polar surface area (TPSA) is 9.23 Å². The molecule has 0 amide bonds. The number of alkyl halides is 12. The van der Waals surface area contributed by atoms with Crippen LogP contribution >= 0.6 is 0 Å². The van der Waals surface area contributed by atoms with Crippen molar-refractivity contribution in [2.45, 2.75) is 49.8 Å². The molecule has 21 heavy (non-hydrogen) atoms. The SMILES string of the molecule is CC(F)(F)C(F)(F)C(F)(OC(F)(F)F)C(F)(F)C(C)(F)F. The van der Waals surface area contributed by atoms with Gasteiger partial charge in [-0.2, -0.15) is 39.5 Å². The van der Waals surface area contributed by atoms with Crippen molar-refractivity contribution in [2.75, 3.05) is 0 Å². The normalized spacial score (nSPS) is 16.3. The van der Waals surface area contributed by atoms with Gasteiger partial charge in [0.15, 0.2) is 0 Å². The first-order valence-electron chi connectivity index (χ1n) is 4.68. The summed E-state index contributed by atoms with van der Waals surface area (Å²) in [5.74, 6) is -32.7. The second-order valence-corrected chi connectivity index (χ2v) is 4.07. The van der Waals surface area contributed by atoms with E-state index < -0.39 is 49.8 Å². The first kappa shape index (κ1) is 20.1. The van der Waals surface area contributed by atoms with Gasteiger partial charge in [-0.05, 0) is 0 Å². The average Bonchev–Trinajstić information content (AvgIpc) is 2.10. The predicted octanol–water partition coefficient (Wildman–Crippen LogP) is 4.77. The van der Waals surface area contributed by atoms with Crippen LogP contribution in [0.1, 0.15) is 13.8 Å². The monoisotopic (exact) mass is 346 g/mol. The lowest BCUT2D eigenvalue weighted by molar-refractivity contribution is -0.500. The average molecular weight is 346 g/mol.